The molecule has 6 nitrogen and oxygen atoms in total. The van der Waals surface area contributed by atoms with Crippen LogP contribution in [0.1, 0.15) is 47.1 Å². The summed E-state index contributed by atoms with van der Waals surface area (Å²) in [6.07, 6.45) is 1.35. The van der Waals surface area contributed by atoms with Gasteiger partial charge in [-0.15, -0.1) is 0 Å². The third kappa shape index (κ3) is 6.87. The molecule has 25 heavy (non-hydrogen) atoms. The number of esters is 2. The molecule has 0 radical (unpaired) electrons. The molecule has 0 aliphatic heterocycles. The predicted molar refractivity (Wildman–Crippen MR) is 94.3 cm³/mol. The van der Waals surface area contributed by atoms with Crippen molar-refractivity contribution in [1.29, 1.82) is 0 Å². The van der Waals surface area contributed by atoms with Crippen LogP contribution >= 0.6 is 0 Å². The Hall–Kier alpha value is -2.50. The number of rotatable bonds is 4. The van der Waals surface area contributed by atoms with Gasteiger partial charge in [0.1, 0.15) is 16.8 Å². The summed E-state index contributed by atoms with van der Waals surface area (Å²) in [4.78, 5) is 24.9. The van der Waals surface area contributed by atoms with E-state index < -0.39 is 23.1 Å². The smallest absolute Gasteiger partial charge is 0.346 e. The summed E-state index contributed by atoms with van der Waals surface area (Å²) in [5, 5.41) is 9.66. The molecule has 0 saturated heterocycles. The van der Waals surface area contributed by atoms with Gasteiger partial charge in [0.25, 0.3) is 0 Å². The highest BCUT2D eigenvalue weighted by atomic mass is 16.6. The van der Waals surface area contributed by atoms with Crippen molar-refractivity contribution >= 4 is 18.0 Å². The second-order valence-corrected chi connectivity index (χ2v) is 7.49. The Labute approximate surface area is 148 Å². The first-order valence-electron chi connectivity index (χ1n) is 7.88. The summed E-state index contributed by atoms with van der Waals surface area (Å²) in [6.45, 7) is 10.3. The van der Waals surface area contributed by atoms with Crippen molar-refractivity contribution in [2.24, 2.45) is 0 Å². The van der Waals surface area contributed by atoms with Gasteiger partial charge in [-0.1, -0.05) is 6.07 Å². The Morgan fingerprint density at radius 2 is 1.44 bits per heavy atom. The molecule has 0 heterocycles. The van der Waals surface area contributed by atoms with Crippen LogP contribution in [-0.2, 0) is 19.1 Å². The standard InChI is InChI=1S/C19H26O6/c1-18(2,3)24-16(21)13(17(22)25-19(4,5)6)10-12-8-9-14(20)15(11-12)23-7/h8-11,20H,1-7H3. The van der Waals surface area contributed by atoms with E-state index in [0.717, 1.165) is 0 Å². The molecule has 0 aliphatic rings. The molecular weight excluding hydrogens is 324 g/mol. The van der Waals surface area contributed by atoms with Gasteiger partial charge in [0.2, 0.25) is 0 Å². The highest BCUT2D eigenvalue weighted by molar-refractivity contribution is 6.17. The highest BCUT2D eigenvalue weighted by Crippen LogP contribution is 2.28. The summed E-state index contributed by atoms with van der Waals surface area (Å²) in [7, 11) is 1.41. The number of ether oxygens (including phenoxy) is 3. The van der Waals surface area contributed by atoms with Crippen molar-refractivity contribution in [1.82, 2.24) is 0 Å². The van der Waals surface area contributed by atoms with Crippen LogP contribution < -0.4 is 4.74 Å². The van der Waals surface area contributed by atoms with E-state index in [-0.39, 0.29) is 17.1 Å². The summed E-state index contributed by atoms with van der Waals surface area (Å²) in [5.41, 5.74) is -1.27. The molecule has 0 saturated carbocycles. The highest BCUT2D eigenvalue weighted by Gasteiger charge is 2.29. The first-order valence-corrected chi connectivity index (χ1v) is 7.88. The maximum atomic E-state index is 12.4. The van der Waals surface area contributed by atoms with Crippen molar-refractivity contribution < 1.29 is 28.9 Å². The summed E-state index contributed by atoms with van der Waals surface area (Å²) in [6, 6.07) is 4.46. The molecule has 0 spiro atoms. The lowest BCUT2D eigenvalue weighted by Crippen LogP contribution is -2.31. The number of benzene rings is 1. The average Bonchev–Trinajstić information content (AvgIpc) is 2.42. The number of phenolic OH excluding ortho intramolecular Hbond substituents is 1. The lowest BCUT2D eigenvalue weighted by molar-refractivity contribution is -0.158. The molecule has 1 aromatic rings. The molecule has 1 aromatic carbocycles. The lowest BCUT2D eigenvalue weighted by Gasteiger charge is -2.23. The number of phenols is 1. The maximum absolute atomic E-state index is 12.4. The second kappa shape index (κ2) is 7.59. The summed E-state index contributed by atoms with van der Waals surface area (Å²) in [5.74, 6) is -1.39. The van der Waals surface area contributed by atoms with Crippen LogP contribution in [0.3, 0.4) is 0 Å². The topological polar surface area (TPSA) is 82.1 Å². The third-order valence-electron chi connectivity index (χ3n) is 2.75. The maximum Gasteiger partial charge on any atom is 0.346 e. The number of carbonyl (C=O) groups is 2. The van der Waals surface area contributed by atoms with E-state index in [0.29, 0.717) is 5.56 Å². The van der Waals surface area contributed by atoms with Crippen molar-refractivity contribution in [2.75, 3.05) is 7.11 Å². The number of aromatic hydroxyl groups is 1. The first kappa shape index (κ1) is 20.5. The number of methoxy groups -OCH3 is 1. The van der Waals surface area contributed by atoms with Gasteiger partial charge in [0.15, 0.2) is 11.5 Å². The lowest BCUT2D eigenvalue weighted by atomic mass is 10.1. The largest absolute Gasteiger partial charge is 0.504 e. The van der Waals surface area contributed by atoms with Gasteiger partial charge in [-0.25, -0.2) is 9.59 Å². The molecule has 0 atom stereocenters. The Kier molecular flexibility index (Phi) is 6.24. The SMILES string of the molecule is COc1cc(C=C(C(=O)OC(C)(C)C)C(=O)OC(C)(C)C)ccc1O. The monoisotopic (exact) mass is 350 g/mol. The number of hydrogen-bond donors (Lipinski definition) is 1. The minimum atomic E-state index is -0.784. The van der Waals surface area contributed by atoms with Crippen LogP contribution in [0.4, 0.5) is 0 Å². The van der Waals surface area contributed by atoms with E-state index in [1.165, 1.54) is 25.3 Å². The Balaban J connectivity index is 3.30. The zero-order valence-corrected chi connectivity index (χ0v) is 15.8. The van der Waals surface area contributed by atoms with Crippen LogP contribution in [0.5, 0.6) is 11.5 Å². The molecule has 0 aromatic heterocycles. The van der Waals surface area contributed by atoms with Crippen molar-refractivity contribution in [3.63, 3.8) is 0 Å². The van der Waals surface area contributed by atoms with Crippen molar-refractivity contribution in [3.8, 4) is 11.5 Å². The van der Waals surface area contributed by atoms with E-state index in [1.807, 2.05) is 0 Å². The molecule has 0 unspecified atom stereocenters. The van der Waals surface area contributed by atoms with E-state index in [1.54, 1.807) is 47.6 Å². The molecule has 6 heteroatoms. The van der Waals surface area contributed by atoms with Crippen molar-refractivity contribution in [2.45, 2.75) is 52.7 Å². The van der Waals surface area contributed by atoms with Gasteiger partial charge in [-0.3, -0.25) is 0 Å². The molecule has 1 N–H and O–H groups in total. The second-order valence-electron chi connectivity index (χ2n) is 7.49. The van der Waals surface area contributed by atoms with Crippen LogP contribution in [0.25, 0.3) is 6.08 Å². The molecule has 138 valence electrons. The van der Waals surface area contributed by atoms with Gasteiger partial charge in [-0.2, -0.15) is 0 Å². The van der Waals surface area contributed by atoms with Crippen molar-refractivity contribution in [3.05, 3.63) is 29.3 Å². The van der Waals surface area contributed by atoms with Gasteiger partial charge < -0.3 is 19.3 Å². The Bertz CT molecular complexity index is 644. The van der Waals surface area contributed by atoms with Gasteiger partial charge in [0, 0.05) is 0 Å². The normalized spacial score (nSPS) is 11.5. The molecular formula is C19H26O6. The summed E-state index contributed by atoms with van der Waals surface area (Å²) >= 11 is 0. The number of carbonyl (C=O) groups excluding carboxylic acids is 2. The van der Waals surface area contributed by atoms with E-state index in [9.17, 15) is 14.7 Å². The molecule has 1 rings (SSSR count). The quantitative estimate of drug-likeness (QED) is 0.387. The average molecular weight is 350 g/mol. The van der Waals surface area contributed by atoms with Crippen LogP contribution in [-0.4, -0.2) is 35.4 Å². The third-order valence-corrected chi connectivity index (χ3v) is 2.75. The van der Waals surface area contributed by atoms with Crippen LogP contribution in [0.2, 0.25) is 0 Å². The summed E-state index contributed by atoms with van der Waals surface area (Å²) < 4.78 is 15.6. The zero-order valence-electron chi connectivity index (χ0n) is 15.8. The Morgan fingerprint density at radius 1 is 0.960 bits per heavy atom. The minimum absolute atomic E-state index is 0.0456. The van der Waals surface area contributed by atoms with E-state index in [4.69, 9.17) is 14.2 Å². The van der Waals surface area contributed by atoms with Gasteiger partial charge in [-0.05, 0) is 65.3 Å². The van der Waals surface area contributed by atoms with E-state index in [2.05, 4.69) is 0 Å². The molecule has 0 amide bonds. The van der Waals surface area contributed by atoms with E-state index >= 15 is 0 Å². The molecule has 0 fully saturated rings. The first-order chi connectivity index (χ1) is 11.3. The fraction of sp³-hybridized carbons (Fsp3) is 0.474. The van der Waals surface area contributed by atoms with Gasteiger partial charge in [0.05, 0.1) is 7.11 Å². The molecule has 0 bridgehead atoms. The zero-order chi connectivity index (χ0) is 19.4. The number of hydrogen-bond acceptors (Lipinski definition) is 6. The fourth-order valence-electron chi connectivity index (χ4n) is 1.82. The predicted octanol–water partition coefficient (Wildman–Crippen LogP) is 3.47. The molecule has 0 aliphatic carbocycles. The fourth-order valence-corrected chi connectivity index (χ4v) is 1.82. The van der Waals surface area contributed by atoms with Crippen LogP contribution in [0, 0.1) is 0 Å². The minimum Gasteiger partial charge on any atom is -0.504 e. The van der Waals surface area contributed by atoms with Crippen LogP contribution in [0.15, 0.2) is 23.8 Å². The van der Waals surface area contributed by atoms with Gasteiger partial charge >= 0.3 is 11.9 Å². The Morgan fingerprint density at radius 3 is 1.84 bits per heavy atom.